The monoisotopic (exact) mass is 479 g/mol. The Balaban J connectivity index is 1.82. The molecule has 0 saturated heterocycles. The molecule has 3 aromatic rings. The fraction of sp³-hybridized carbons (Fsp3) is 0.192. The van der Waals surface area contributed by atoms with Gasteiger partial charge in [0.2, 0.25) is 5.78 Å². The third-order valence-electron chi connectivity index (χ3n) is 5.20. The van der Waals surface area contributed by atoms with Crippen LogP contribution in [-0.4, -0.2) is 35.9 Å². The van der Waals surface area contributed by atoms with E-state index in [0.29, 0.717) is 23.5 Å². The van der Waals surface area contributed by atoms with Crippen molar-refractivity contribution in [1.82, 2.24) is 0 Å². The fourth-order valence-corrected chi connectivity index (χ4v) is 5.53. The largest absolute Gasteiger partial charge is 0.365 e. The second-order valence-electron chi connectivity index (χ2n) is 7.40. The smallest absolute Gasteiger partial charge is 0.323 e. The first-order chi connectivity index (χ1) is 15.9. The summed E-state index contributed by atoms with van der Waals surface area (Å²) >= 11 is 1.59. The maximum absolute atomic E-state index is 13.2. The molecule has 0 spiro atoms. The highest BCUT2D eigenvalue weighted by Crippen LogP contribution is 2.44. The molecule has 0 N–H and O–H groups in total. The maximum atomic E-state index is 13.2. The Morgan fingerprint density at radius 1 is 0.788 bits per heavy atom. The first-order valence-electron chi connectivity index (χ1n) is 10.7. The number of benzene rings is 3. The molecular weight excluding hydrogens is 453 g/mol. The van der Waals surface area contributed by atoms with Crippen LogP contribution < -0.4 is 0 Å². The van der Waals surface area contributed by atoms with E-state index in [4.69, 9.17) is 4.84 Å². The molecular formula is C26H26NO4PS. The molecule has 0 fully saturated rings. The number of oxime groups is 1. The molecule has 0 atom stereocenters. The second-order valence-corrected chi connectivity index (χ2v) is 12.2. The summed E-state index contributed by atoms with van der Waals surface area (Å²) in [5, 5.41) is 3.89. The molecule has 3 aromatic carbocycles. The van der Waals surface area contributed by atoms with Crippen LogP contribution >= 0.6 is 18.9 Å². The van der Waals surface area contributed by atoms with Crippen molar-refractivity contribution in [2.45, 2.75) is 23.6 Å². The van der Waals surface area contributed by atoms with Gasteiger partial charge in [0.05, 0.1) is 18.9 Å². The number of hydrogen-bond donors (Lipinski definition) is 0. The summed E-state index contributed by atoms with van der Waals surface area (Å²) < 4.78 is 13.1. The molecule has 7 heteroatoms. The molecule has 0 aromatic heterocycles. The molecule has 0 saturated carbocycles. The minimum absolute atomic E-state index is 0.00484. The fourth-order valence-electron chi connectivity index (χ4n) is 3.05. The zero-order chi connectivity index (χ0) is 23.7. The molecule has 33 heavy (non-hydrogen) atoms. The van der Waals surface area contributed by atoms with Crippen molar-refractivity contribution in [1.29, 1.82) is 0 Å². The van der Waals surface area contributed by atoms with Crippen LogP contribution in [0.15, 0.2) is 99.9 Å². The van der Waals surface area contributed by atoms with Crippen LogP contribution in [0.1, 0.15) is 34.6 Å². The Hall–Kier alpha value is -2.95. The Bertz CT molecular complexity index is 1150. The van der Waals surface area contributed by atoms with Gasteiger partial charge in [-0.1, -0.05) is 67.2 Å². The highest BCUT2D eigenvalue weighted by Gasteiger charge is 2.26. The van der Waals surface area contributed by atoms with Gasteiger partial charge in [-0.3, -0.25) is 4.79 Å². The molecule has 0 radical (unpaired) electrons. The lowest BCUT2D eigenvalue weighted by Crippen LogP contribution is -2.21. The van der Waals surface area contributed by atoms with E-state index in [2.05, 4.69) is 5.16 Å². The highest BCUT2D eigenvalue weighted by atomic mass is 32.2. The molecule has 0 bridgehead atoms. The van der Waals surface area contributed by atoms with Crippen molar-refractivity contribution >= 4 is 36.4 Å². The van der Waals surface area contributed by atoms with Crippen molar-refractivity contribution in [3.8, 4) is 0 Å². The Kier molecular flexibility index (Phi) is 8.81. The van der Waals surface area contributed by atoms with Crippen LogP contribution in [0.25, 0.3) is 0 Å². The summed E-state index contributed by atoms with van der Waals surface area (Å²) in [6.45, 7) is 3.66. The maximum Gasteiger partial charge on any atom is 0.365 e. The van der Waals surface area contributed by atoms with Crippen LogP contribution in [0.5, 0.6) is 0 Å². The summed E-state index contributed by atoms with van der Waals surface area (Å²) in [6, 6.07) is 25.5. The standard InChI is InChI=1S/C26H26NO4PS/c1-3-32(30,4-2)19-24(27-31-26(29)21-11-7-5-8-12-21)25(28)20-15-17-23(18-16-20)33-22-13-9-6-10-14-22/h5-18H,3-4,19H2,1-2H3/b27-24+. The number of rotatable bonds is 10. The number of Topliss-reactive ketones (excluding diaryl/α,β-unsaturated/α-hetero) is 1. The Morgan fingerprint density at radius 2 is 1.33 bits per heavy atom. The van der Waals surface area contributed by atoms with Crippen LogP contribution in [0, 0.1) is 0 Å². The van der Waals surface area contributed by atoms with Gasteiger partial charge in [0, 0.05) is 15.4 Å². The lowest BCUT2D eigenvalue weighted by atomic mass is 10.1. The van der Waals surface area contributed by atoms with Crippen molar-refractivity contribution in [3.05, 3.63) is 96.1 Å². The number of hydrogen-bond acceptors (Lipinski definition) is 6. The molecule has 0 aliphatic carbocycles. The van der Waals surface area contributed by atoms with E-state index in [1.54, 1.807) is 54.2 Å². The van der Waals surface area contributed by atoms with Crippen LogP contribution in [0.4, 0.5) is 0 Å². The van der Waals surface area contributed by atoms with Crippen molar-refractivity contribution in [3.63, 3.8) is 0 Å². The van der Waals surface area contributed by atoms with Gasteiger partial charge in [-0.15, -0.1) is 0 Å². The van der Waals surface area contributed by atoms with E-state index in [0.717, 1.165) is 9.79 Å². The lowest BCUT2D eigenvalue weighted by molar-refractivity contribution is 0.0515. The van der Waals surface area contributed by atoms with Gasteiger partial charge in [0.1, 0.15) is 5.71 Å². The number of carbonyl (C=O) groups excluding carboxylic acids is 2. The quantitative estimate of drug-likeness (QED) is 0.107. The first kappa shape index (κ1) is 24.7. The van der Waals surface area contributed by atoms with Crippen LogP contribution in [0.2, 0.25) is 0 Å². The molecule has 0 aliphatic heterocycles. The minimum atomic E-state index is -2.65. The SMILES string of the molecule is CCP(=O)(CC)C/C(=N\OC(=O)c1ccccc1)C(=O)c1ccc(Sc2ccccc2)cc1. The zero-order valence-electron chi connectivity index (χ0n) is 18.6. The normalized spacial score (nSPS) is 11.8. The van der Waals surface area contributed by atoms with Gasteiger partial charge >= 0.3 is 5.97 Å². The highest BCUT2D eigenvalue weighted by molar-refractivity contribution is 7.99. The molecule has 0 amide bonds. The van der Waals surface area contributed by atoms with Crippen LogP contribution in [-0.2, 0) is 9.40 Å². The van der Waals surface area contributed by atoms with Crippen LogP contribution in [0.3, 0.4) is 0 Å². The Labute approximate surface area is 198 Å². The van der Waals surface area contributed by atoms with E-state index in [1.165, 1.54) is 0 Å². The van der Waals surface area contributed by atoms with E-state index < -0.39 is 18.9 Å². The van der Waals surface area contributed by atoms with Gasteiger partial charge in [-0.05, 0) is 60.9 Å². The predicted molar refractivity (Wildman–Crippen MR) is 134 cm³/mol. The minimum Gasteiger partial charge on any atom is -0.323 e. The topological polar surface area (TPSA) is 72.8 Å². The predicted octanol–water partition coefficient (Wildman–Crippen LogP) is 6.64. The summed E-state index contributed by atoms with van der Waals surface area (Å²) in [7, 11) is -2.65. The molecule has 0 heterocycles. The molecule has 0 unspecified atom stereocenters. The molecule has 0 aliphatic rings. The number of ketones is 1. The van der Waals surface area contributed by atoms with Gasteiger partial charge in [0.25, 0.3) is 0 Å². The average Bonchev–Trinajstić information content (AvgIpc) is 2.87. The van der Waals surface area contributed by atoms with E-state index in [-0.39, 0.29) is 11.9 Å². The summed E-state index contributed by atoms with van der Waals surface area (Å²) in [4.78, 5) is 32.7. The van der Waals surface area contributed by atoms with E-state index in [9.17, 15) is 14.2 Å². The number of nitrogens with zero attached hydrogens (tertiary/aromatic N) is 1. The zero-order valence-corrected chi connectivity index (χ0v) is 20.4. The third-order valence-corrected chi connectivity index (χ3v) is 9.39. The lowest BCUT2D eigenvalue weighted by Gasteiger charge is -2.15. The van der Waals surface area contributed by atoms with Crippen molar-refractivity contribution in [2.75, 3.05) is 18.5 Å². The molecule has 170 valence electrons. The van der Waals surface area contributed by atoms with E-state index in [1.807, 2.05) is 56.3 Å². The van der Waals surface area contributed by atoms with Gasteiger partial charge in [-0.25, -0.2) is 4.79 Å². The van der Waals surface area contributed by atoms with Gasteiger partial charge in [-0.2, -0.15) is 0 Å². The first-order valence-corrected chi connectivity index (χ1v) is 13.8. The summed E-state index contributed by atoms with van der Waals surface area (Å²) in [5.41, 5.74) is 0.722. The average molecular weight is 480 g/mol. The molecule has 3 rings (SSSR count). The Morgan fingerprint density at radius 3 is 1.91 bits per heavy atom. The number of carbonyl (C=O) groups is 2. The molecule has 5 nitrogen and oxygen atoms in total. The summed E-state index contributed by atoms with van der Waals surface area (Å²) in [5.74, 6) is -1.06. The summed E-state index contributed by atoms with van der Waals surface area (Å²) in [6.07, 6.45) is 0.867. The van der Waals surface area contributed by atoms with E-state index >= 15 is 0 Å². The third kappa shape index (κ3) is 7.01. The van der Waals surface area contributed by atoms with Crippen molar-refractivity contribution in [2.24, 2.45) is 5.16 Å². The van der Waals surface area contributed by atoms with Gasteiger partial charge in [0.15, 0.2) is 0 Å². The van der Waals surface area contributed by atoms with Gasteiger partial charge < -0.3 is 9.40 Å². The second kappa shape index (κ2) is 11.8. The van der Waals surface area contributed by atoms with Crippen molar-refractivity contribution < 1.29 is 19.0 Å².